The lowest BCUT2D eigenvalue weighted by Crippen LogP contribution is -2.36. The minimum absolute atomic E-state index is 0.127. The van der Waals surface area contributed by atoms with E-state index in [4.69, 9.17) is 21.1 Å². The highest BCUT2D eigenvalue weighted by Crippen LogP contribution is 2.39. The maximum atomic E-state index is 13.0. The summed E-state index contributed by atoms with van der Waals surface area (Å²) in [6, 6.07) is 6.98. The highest BCUT2D eigenvalue weighted by atomic mass is 35.5. The number of nitrogens with one attached hydrogen (secondary N) is 1. The number of imide groups is 1. The molecule has 0 bridgehead atoms. The van der Waals surface area contributed by atoms with Gasteiger partial charge in [0.05, 0.1) is 23.6 Å². The number of amides is 3. The molecule has 1 heterocycles. The molecule has 0 aromatic heterocycles. The molecule has 1 saturated heterocycles. The lowest BCUT2D eigenvalue weighted by atomic mass is 10.1. The van der Waals surface area contributed by atoms with E-state index in [1.54, 1.807) is 13.0 Å². The van der Waals surface area contributed by atoms with Gasteiger partial charge < -0.3 is 19.5 Å². The SMILES string of the molecule is CCOc1cc(/C=C2\SC(=O)N(CC(=O)Nc3c(C)cc(C)cc3C)C2=O)cc(Cl)c1OCC(=O)OC. The molecule has 0 spiro atoms. The summed E-state index contributed by atoms with van der Waals surface area (Å²) in [6.45, 7) is 7.00. The van der Waals surface area contributed by atoms with Crippen LogP contribution in [0.15, 0.2) is 29.2 Å². The molecular weight excluding hydrogens is 520 g/mol. The highest BCUT2D eigenvalue weighted by Gasteiger charge is 2.36. The predicted molar refractivity (Wildman–Crippen MR) is 142 cm³/mol. The number of benzene rings is 2. The Hall–Kier alpha value is -3.50. The van der Waals surface area contributed by atoms with E-state index in [0.717, 1.165) is 33.4 Å². The van der Waals surface area contributed by atoms with Crippen LogP contribution in [-0.4, -0.2) is 54.8 Å². The second-order valence-electron chi connectivity index (χ2n) is 8.22. The van der Waals surface area contributed by atoms with Crippen molar-refractivity contribution in [1.29, 1.82) is 0 Å². The van der Waals surface area contributed by atoms with Gasteiger partial charge in [-0.2, -0.15) is 0 Å². The standard InChI is InChI=1S/C26H27ClN2O7S/c1-6-35-19-10-17(9-18(27)24(19)36-13-22(31)34-5)11-20-25(32)29(26(33)37-20)12-21(30)28-23-15(3)7-14(2)8-16(23)4/h7-11H,6,12-13H2,1-5H3,(H,28,30)/b20-11-. The Labute approximate surface area is 224 Å². The van der Waals surface area contributed by atoms with Gasteiger partial charge in [-0.25, -0.2) is 4.79 Å². The number of hydrogen-bond acceptors (Lipinski definition) is 8. The van der Waals surface area contributed by atoms with Gasteiger partial charge in [0, 0.05) is 5.69 Å². The third kappa shape index (κ3) is 6.84. The molecule has 3 amide bonds. The second kappa shape index (κ2) is 12.2. The van der Waals surface area contributed by atoms with Crippen LogP contribution in [0.4, 0.5) is 10.5 Å². The van der Waals surface area contributed by atoms with Crippen LogP contribution in [0.25, 0.3) is 6.08 Å². The number of carbonyl (C=O) groups excluding carboxylic acids is 4. The third-order valence-electron chi connectivity index (χ3n) is 5.31. The minimum Gasteiger partial charge on any atom is -0.490 e. The molecular formula is C26H27ClN2O7S. The van der Waals surface area contributed by atoms with Crippen LogP contribution in [0, 0.1) is 20.8 Å². The molecule has 196 valence electrons. The molecule has 1 aliphatic rings. The van der Waals surface area contributed by atoms with E-state index in [-0.39, 0.29) is 28.0 Å². The van der Waals surface area contributed by atoms with E-state index in [0.29, 0.717) is 17.9 Å². The fraction of sp³-hybridized carbons (Fsp3) is 0.308. The molecule has 9 nitrogen and oxygen atoms in total. The highest BCUT2D eigenvalue weighted by molar-refractivity contribution is 8.18. The van der Waals surface area contributed by atoms with Crippen LogP contribution in [-0.2, 0) is 19.1 Å². The van der Waals surface area contributed by atoms with Gasteiger partial charge in [0.2, 0.25) is 5.91 Å². The van der Waals surface area contributed by atoms with Gasteiger partial charge in [-0.05, 0) is 74.4 Å². The van der Waals surface area contributed by atoms with Gasteiger partial charge in [-0.3, -0.25) is 19.3 Å². The normalized spacial score (nSPS) is 14.2. The quantitative estimate of drug-likeness (QED) is 0.349. The van der Waals surface area contributed by atoms with Crippen LogP contribution in [0.3, 0.4) is 0 Å². The molecule has 1 fully saturated rings. The first-order valence-corrected chi connectivity index (χ1v) is 12.5. The van der Waals surface area contributed by atoms with Crippen molar-refractivity contribution in [2.24, 2.45) is 0 Å². The first-order chi connectivity index (χ1) is 17.5. The molecule has 0 unspecified atom stereocenters. The van der Waals surface area contributed by atoms with Crippen molar-refractivity contribution in [2.75, 3.05) is 32.2 Å². The first-order valence-electron chi connectivity index (χ1n) is 11.3. The number of nitrogens with zero attached hydrogens (tertiary/aromatic N) is 1. The van der Waals surface area contributed by atoms with Gasteiger partial charge in [0.25, 0.3) is 11.1 Å². The molecule has 1 aliphatic heterocycles. The van der Waals surface area contributed by atoms with Gasteiger partial charge >= 0.3 is 5.97 Å². The summed E-state index contributed by atoms with van der Waals surface area (Å²) in [5.41, 5.74) is 3.98. The number of anilines is 1. The largest absolute Gasteiger partial charge is 0.490 e. The topological polar surface area (TPSA) is 111 Å². The van der Waals surface area contributed by atoms with Crippen molar-refractivity contribution in [3.63, 3.8) is 0 Å². The van der Waals surface area contributed by atoms with E-state index in [1.165, 1.54) is 19.3 Å². The molecule has 0 radical (unpaired) electrons. The van der Waals surface area contributed by atoms with Gasteiger partial charge in [-0.1, -0.05) is 29.3 Å². The molecule has 0 atom stereocenters. The van der Waals surface area contributed by atoms with Gasteiger partial charge in [0.15, 0.2) is 18.1 Å². The average molecular weight is 547 g/mol. The van der Waals surface area contributed by atoms with Crippen molar-refractivity contribution in [3.05, 3.63) is 56.4 Å². The Kier molecular flexibility index (Phi) is 9.23. The number of halogens is 1. The maximum Gasteiger partial charge on any atom is 0.343 e. The van der Waals surface area contributed by atoms with Crippen molar-refractivity contribution in [3.8, 4) is 11.5 Å². The van der Waals surface area contributed by atoms with Crippen LogP contribution in [0.1, 0.15) is 29.2 Å². The van der Waals surface area contributed by atoms with Crippen LogP contribution < -0.4 is 14.8 Å². The minimum atomic E-state index is -0.595. The number of esters is 1. The number of carbonyl (C=O) groups is 4. The Morgan fingerprint density at radius 3 is 2.38 bits per heavy atom. The third-order valence-corrected chi connectivity index (χ3v) is 6.50. The Morgan fingerprint density at radius 2 is 1.76 bits per heavy atom. The lowest BCUT2D eigenvalue weighted by molar-refractivity contribution is -0.143. The summed E-state index contributed by atoms with van der Waals surface area (Å²) < 4.78 is 15.6. The summed E-state index contributed by atoms with van der Waals surface area (Å²) in [5.74, 6) is -1.26. The smallest absolute Gasteiger partial charge is 0.343 e. The van der Waals surface area contributed by atoms with Crippen molar-refractivity contribution in [2.45, 2.75) is 27.7 Å². The van der Waals surface area contributed by atoms with Crippen molar-refractivity contribution in [1.82, 2.24) is 4.90 Å². The fourth-order valence-electron chi connectivity index (χ4n) is 3.75. The zero-order chi connectivity index (χ0) is 27.3. The molecule has 1 N–H and O–H groups in total. The Bertz CT molecular complexity index is 1270. The van der Waals surface area contributed by atoms with Gasteiger partial charge in [-0.15, -0.1) is 0 Å². The lowest BCUT2D eigenvalue weighted by Gasteiger charge is -2.16. The van der Waals surface area contributed by atoms with Gasteiger partial charge in [0.1, 0.15) is 6.54 Å². The summed E-state index contributed by atoms with van der Waals surface area (Å²) >= 11 is 7.07. The number of thioether (sulfide) groups is 1. The summed E-state index contributed by atoms with van der Waals surface area (Å²) in [4.78, 5) is 50.6. The summed E-state index contributed by atoms with van der Waals surface area (Å²) in [6.07, 6.45) is 1.48. The van der Waals surface area contributed by atoms with E-state index >= 15 is 0 Å². The monoisotopic (exact) mass is 546 g/mol. The summed E-state index contributed by atoms with van der Waals surface area (Å²) in [7, 11) is 1.24. The molecule has 0 saturated carbocycles. The maximum absolute atomic E-state index is 13.0. The van der Waals surface area contributed by atoms with Crippen molar-refractivity contribution < 1.29 is 33.4 Å². The van der Waals surface area contributed by atoms with E-state index < -0.39 is 29.6 Å². The molecule has 3 rings (SSSR count). The van der Waals surface area contributed by atoms with Crippen LogP contribution >= 0.6 is 23.4 Å². The molecule has 2 aromatic carbocycles. The zero-order valence-corrected chi connectivity index (χ0v) is 22.7. The van der Waals surface area contributed by atoms with Crippen LogP contribution in [0.2, 0.25) is 5.02 Å². The second-order valence-corrected chi connectivity index (χ2v) is 9.62. The predicted octanol–water partition coefficient (Wildman–Crippen LogP) is 4.89. The number of ether oxygens (including phenoxy) is 3. The van der Waals surface area contributed by atoms with Crippen molar-refractivity contribution >= 4 is 58.1 Å². The number of aryl methyl sites for hydroxylation is 3. The van der Waals surface area contributed by atoms with E-state index in [2.05, 4.69) is 10.1 Å². The first kappa shape index (κ1) is 28.1. The Balaban J connectivity index is 1.78. The zero-order valence-electron chi connectivity index (χ0n) is 21.1. The summed E-state index contributed by atoms with van der Waals surface area (Å²) in [5, 5.41) is 2.39. The number of hydrogen-bond donors (Lipinski definition) is 1. The average Bonchev–Trinajstić information content (AvgIpc) is 3.08. The molecule has 0 aliphatic carbocycles. The molecule has 2 aromatic rings. The van der Waals surface area contributed by atoms with E-state index in [1.807, 2.05) is 32.9 Å². The fourth-order valence-corrected chi connectivity index (χ4v) is 4.86. The molecule has 11 heteroatoms. The number of rotatable bonds is 9. The molecule has 37 heavy (non-hydrogen) atoms. The number of methoxy groups -OCH3 is 1. The Morgan fingerprint density at radius 1 is 1.08 bits per heavy atom. The van der Waals surface area contributed by atoms with E-state index in [9.17, 15) is 19.2 Å². The van der Waals surface area contributed by atoms with Crippen LogP contribution in [0.5, 0.6) is 11.5 Å².